The smallest absolute Gasteiger partial charge is 0.262 e. The van der Waals surface area contributed by atoms with Crippen LogP contribution in [0.1, 0.15) is 46.4 Å². The van der Waals surface area contributed by atoms with E-state index in [0.717, 1.165) is 23.5 Å². The highest BCUT2D eigenvalue weighted by Gasteiger charge is 2.33. The highest BCUT2D eigenvalue weighted by Crippen LogP contribution is 2.31. The first-order valence-electron chi connectivity index (χ1n) is 8.56. The lowest BCUT2D eigenvalue weighted by atomic mass is 10.1. The van der Waals surface area contributed by atoms with Crippen LogP contribution in [0.25, 0.3) is 5.69 Å². The Labute approximate surface area is 154 Å². The standard InChI is InChI=1S/C18H17N3O5S/c19-16-15-13(17(23)20-18(15)24)9-14(22)21(16)10-4-3-7-12(8-10)27(25,26)11-5-1-2-6-11/h3-4,7-9,11H,1-2,5-6,19H2,(H,20,23,24). The van der Waals surface area contributed by atoms with Crippen molar-refractivity contribution in [3.8, 4) is 5.69 Å². The van der Waals surface area contributed by atoms with Crippen molar-refractivity contribution in [3.05, 3.63) is 51.8 Å². The fourth-order valence-corrected chi connectivity index (χ4v) is 5.63. The van der Waals surface area contributed by atoms with Gasteiger partial charge in [0.15, 0.2) is 9.84 Å². The molecule has 0 saturated heterocycles. The maximum Gasteiger partial charge on any atom is 0.262 e. The minimum Gasteiger partial charge on any atom is -0.384 e. The summed E-state index contributed by atoms with van der Waals surface area (Å²) >= 11 is 0. The Bertz CT molecular complexity index is 1140. The van der Waals surface area contributed by atoms with E-state index < -0.39 is 32.5 Å². The molecule has 1 saturated carbocycles. The lowest BCUT2D eigenvalue weighted by molar-refractivity contribution is 0.0880. The number of imide groups is 1. The number of hydrogen-bond acceptors (Lipinski definition) is 6. The van der Waals surface area contributed by atoms with E-state index in [0.29, 0.717) is 12.8 Å². The number of fused-ring (bicyclic) bond motifs is 1. The second kappa shape index (κ2) is 6.05. The Morgan fingerprint density at radius 3 is 2.44 bits per heavy atom. The summed E-state index contributed by atoms with van der Waals surface area (Å²) in [5.41, 5.74) is 5.46. The Morgan fingerprint density at radius 1 is 1.04 bits per heavy atom. The van der Waals surface area contributed by atoms with Crippen molar-refractivity contribution in [2.24, 2.45) is 0 Å². The van der Waals surface area contributed by atoms with Gasteiger partial charge in [0, 0.05) is 6.07 Å². The molecular formula is C18H17N3O5S. The zero-order chi connectivity index (χ0) is 19.3. The molecule has 2 heterocycles. The van der Waals surface area contributed by atoms with Gasteiger partial charge in [-0.1, -0.05) is 18.9 Å². The van der Waals surface area contributed by atoms with Crippen molar-refractivity contribution in [3.63, 3.8) is 0 Å². The van der Waals surface area contributed by atoms with Crippen molar-refractivity contribution in [1.29, 1.82) is 0 Å². The first-order valence-corrected chi connectivity index (χ1v) is 10.1. The molecule has 2 aromatic rings. The third-order valence-corrected chi connectivity index (χ3v) is 7.36. The number of aromatic nitrogens is 1. The second-order valence-electron chi connectivity index (χ2n) is 6.72. The summed E-state index contributed by atoms with van der Waals surface area (Å²) in [5.74, 6) is -1.56. The normalized spacial score (nSPS) is 17.2. The predicted molar refractivity (Wildman–Crippen MR) is 97.7 cm³/mol. The molecule has 27 heavy (non-hydrogen) atoms. The molecule has 1 aliphatic heterocycles. The molecule has 8 nitrogen and oxygen atoms in total. The van der Waals surface area contributed by atoms with Gasteiger partial charge in [-0.25, -0.2) is 8.42 Å². The van der Waals surface area contributed by atoms with Crippen LogP contribution in [0.3, 0.4) is 0 Å². The molecule has 0 atom stereocenters. The van der Waals surface area contributed by atoms with E-state index in [1.807, 2.05) is 0 Å². The van der Waals surface area contributed by atoms with Crippen LogP contribution in [0.2, 0.25) is 0 Å². The summed E-state index contributed by atoms with van der Waals surface area (Å²) in [6.45, 7) is 0. The number of nitrogens with two attached hydrogens (primary N) is 1. The van der Waals surface area contributed by atoms with E-state index in [2.05, 4.69) is 5.32 Å². The lowest BCUT2D eigenvalue weighted by Gasteiger charge is -2.15. The Morgan fingerprint density at radius 2 is 1.74 bits per heavy atom. The van der Waals surface area contributed by atoms with Crippen LogP contribution < -0.4 is 16.6 Å². The van der Waals surface area contributed by atoms with Crippen molar-refractivity contribution in [2.45, 2.75) is 35.8 Å². The first kappa shape index (κ1) is 17.5. The van der Waals surface area contributed by atoms with Gasteiger partial charge in [0.25, 0.3) is 17.4 Å². The van der Waals surface area contributed by atoms with Gasteiger partial charge in [0.2, 0.25) is 0 Å². The molecule has 140 valence electrons. The molecule has 1 aromatic carbocycles. The first-order chi connectivity index (χ1) is 12.8. The molecule has 2 aliphatic rings. The predicted octanol–water partition coefficient (Wildman–Crippen LogP) is 1.02. The highest BCUT2D eigenvalue weighted by atomic mass is 32.2. The topological polar surface area (TPSA) is 128 Å². The molecule has 3 N–H and O–H groups in total. The Balaban J connectivity index is 1.87. The van der Waals surface area contributed by atoms with Gasteiger partial charge in [0.1, 0.15) is 5.82 Å². The number of benzene rings is 1. The number of carbonyl (C=O) groups excluding carboxylic acids is 2. The van der Waals surface area contributed by atoms with Crippen LogP contribution in [0, 0.1) is 0 Å². The minimum atomic E-state index is -3.52. The number of nitrogen functional groups attached to an aromatic ring is 1. The van der Waals surface area contributed by atoms with Crippen molar-refractivity contribution in [1.82, 2.24) is 9.88 Å². The average molecular weight is 387 g/mol. The second-order valence-corrected chi connectivity index (χ2v) is 8.95. The van der Waals surface area contributed by atoms with Crippen LogP contribution in [-0.2, 0) is 9.84 Å². The van der Waals surface area contributed by atoms with Gasteiger partial charge in [-0.3, -0.25) is 24.3 Å². The number of carbonyl (C=O) groups is 2. The molecular weight excluding hydrogens is 370 g/mol. The largest absolute Gasteiger partial charge is 0.384 e. The molecule has 4 rings (SSSR count). The number of amides is 2. The van der Waals surface area contributed by atoms with E-state index in [1.165, 1.54) is 24.3 Å². The molecule has 0 bridgehead atoms. The van der Waals surface area contributed by atoms with Gasteiger partial charge >= 0.3 is 0 Å². The van der Waals surface area contributed by atoms with E-state index in [1.54, 1.807) is 0 Å². The highest BCUT2D eigenvalue weighted by molar-refractivity contribution is 7.92. The van der Waals surface area contributed by atoms with E-state index in [9.17, 15) is 22.8 Å². The lowest BCUT2D eigenvalue weighted by Crippen LogP contribution is -2.24. The number of sulfone groups is 1. The van der Waals surface area contributed by atoms with E-state index in [4.69, 9.17) is 5.73 Å². The fourth-order valence-electron chi connectivity index (χ4n) is 3.74. The summed E-state index contributed by atoms with van der Waals surface area (Å²) in [6, 6.07) is 6.96. The van der Waals surface area contributed by atoms with Gasteiger partial charge in [-0.15, -0.1) is 0 Å². The van der Waals surface area contributed by atoms with Crippen molar-refractivity contribution < 1.29 is 18.0 Å². The molecule has 0 radical (unpaired) electrons. The summed E-state index contributed by atoms with van der Waals surface area (Å²) in [5, 5.41) is 1.67. The third-order valence-electron chi connectivity index (χ3n) is 5.10. The van der Waals surface area contributed by atoms with Crippen LogP contribution in [0.5, 0.6) is 0 Å². The minimum absolute atomic E-state index is 0.0755. The molecule has 2 amide bonds. The van der Waals surface area contributed by atoms with Gasteiger partial charge < -0.3 is 5.73 Å². The Kier molecular flexibility index (Phi) is 3.92. The number of anilines is 1. The van der Waals surface area contributed by atoms with Gasteiger partial charge in [0.05, 0.1) is 27.0 Å². The molecule has 1 aromatic heterocycles. The molecule has 9 heteroatoms. The maximum absolute atomic E-state index is 12.8. The summed E-state index contributed by atoms with van der Waals surface area (Å²) in [4.78, 5) is 36.3. The van der Waals surface area contributed by atoms with Gasteiger partial charge in [-0.05, 0) is 31.0 Å². The van der Waals surface area contributed by atoms with Crippen molar-refractivity contribution >= 4 is 27.5 Å². The Hall–Kier alpha value is -2.94. The van der Waals surface area contributed by atoms with E-state index in [-0.39, 0.29) is 27.5 Å². The average Bonchev–Trinajstić information content (AvgIpc) is 3.25. The third kappa shape index (κ3) is 2.66. The zero-order valence-corrected chi connectivity index (χ0v) is 15.1. The van der Waals surface area contributed by atoms with Gasteiger partial charge in [-0.2, -0.15) is 0 Å². The van der Waals surface area contributed by atoms with Crippen LogP contribution in [-0.4, -0.2) is 30.0 Å². The fraction of sp³-hybridized carbons (Fsp3) is 0.278. The summed E-state index contributed by atoms with van der Waals surface area (Å²) in [7, 11) is -3.52. The van der Waals surface area contributed by atoms with E-state index >= 15 is 0 Å². The quantitative estimate of drug-likeness (QED) is 0.757. The SMILES string of the molecule is Nc1c2c(cc(=O)n1-c1cccc(S(=O)(=O)C3CCCC3)c1)C(=O)NC2=O. The van der Waals surface area contributed by atoms with Crippen LogP contribution in [0.4, 0.5) is 5.82 Å². The summed E-state index contributed by atoms with van der Waals surface area (Å²) in [6.07, 6.45) is 3.00. The maximum atomic E-state index is 12.8. The van der Waals surface area contributed by atoms with Crippen molar-refractivity contribution in [2.75, 3.05) is 5.73 Å². The number of nitrogens with zero attached hydrogens (tertiary/aromatic N) is 1. The van der Waals surface area contributed by atoms with Crippen LogP contribution >= 0.6 is 0 Å². The monoisotopic (exact) mass is 387 g/mol. The number of hydrogen-bond donors (Lipinski definition) is 2. The molecule has 0 unspecified atom stereocenters. The summed E-state index contributed by atoms with van der Waals surface area (Å²) < 4.78 is 26.7. The molecule has 1 fully saturated rings. The zero-order valence-electron chi connectivity index (χ0n) is 14.3. The molecule has 1 aliphatic carbocycles. The number of rotatable bonds is 3. The number of pyridine rings is 1. The van der Waals surface area contributed by atoms with Crippen LogP contribution in [0.15, 0.2) is 40.0 Å². The number of nitrogens with one attached hydrogen (secondary N) is 1. The molecule has 0 spiro atoms.